The summed E-state index contributed by atoms with van der Waals surface area (Å²) in [5, 5.41) is 10.9. The van der Waals surface area contributed by atoms with Crippen LogP contribution in [-0.4, -0.2) is 25.7 Å². The number of carbonyl (C=O) groups is 1. The Bertz CT molecular complexity index is 795. The molecule has 4 rings (SSSR count). The zero-order valence-electron chi connectivity index (χ0n) is 13.0. The van der Waals surface area contributed by atoms with E-state index >= 15 is 0 Å². The molecule has 2 aliphatic rings. The van der Waals surface area contributed by atoms with Crippen LogP contribution >= 0.6 is 23.6 Å². The molecule has 2 saturated carbocycles. The number of nitrogens with zero attached hydrogens (tertiary/aromatic N) is 3. The van der Waals surface area contributed by atoms with E-state index in [4.69, 9.17) is 12.2 Å². The lowest BCUT2D eigenvalue weighted by Crippen LogP contribution is -2.20. The molecular weight excluding hydrogens is 330 g/mol. The number of H-pyrrole nitrogens is 1. The molecule has 0 unspecified atom stereocenters. The molecule has 23 heavy (non-hydrogen) atoms. The van der Waals surface area contributed by atoms with E-state index in [1.165, 1.54) is 11.3 Å². The van der Waals surface area contributed by atoms with Gasteiger partial charge in [0, 0.05) is 12.0 Å². The number of aromatic amines is 1. The first-order chi connectivity index (χ1) is 11.1. The topological polar surface area (TPSA) is 75.6 Å². The summed E-state index contributed by atoms with van der Waals surface area (Å²) in [4.78, 5) is 17.8. The minimum Gasteiger partial charge on any atom is -0.302 e. The molecule has 0 spiro atoms. The molecule has 2 N–H and O–H groups in total. The number of aryl methyl sites for hydroxylation is 1. The molecular formula is C15H19N5OS2. The predicted octanol–water partition coefficient (Wildman–Crippen LogP) is 3.84. The number of hydrogen-bond acceptors (Lipinski definition) is 5. The molecule has 0 bridgehead atoms. The second-order valence-electron chi connectivity index (χ2n) is 6.36. The fourth-order valence-corrected chi connectivity index (χ4v) is 4.43. The lowest BCUT2D eigenvalue weighted by atomic mass is 10.1. The smallest absolute Gasteiger partial charge is 0.229 e. The maximum atomic E-state index is 12.3. The van der Waals surface area contributed by atoms with Gasteiger partial charge in [-0.25, -0.2) is 4.98 Å². The number of aromatic nitrogens is 4. The minimum absolute atomic E-state index is 0.101. The van der Waals surface area contributed by atoms with Crippen molar-refractivity contribution in [3.05, 3.63) is 10.5 Å². The third-order valence-corrected chi connectivity index (χ3v) is 5.93. The Hall–Kier alpha value is -1.54. The van der Waals surface area contributed by atoms with Gasteiger partial charge in [-0.3, -0.25) is 14.5 Å². The maximum absolute atomic E-state index is 12.3. The van der Waals surface area contributed by atoms with Crippen molar-refractivity contribution in [1.82, 2.24) is 19.7 Å². The highest BCUT2D eigenvalue weighted by Crippen LogP contribution is 2.40. The van der Waals surface area contributed by atoms with Gasteiger partial charge in [-0.1, -0.05) is 24.2 Å². The number of thiazole rings is 1. The summed E-state index contributed by atoms with van der Waals surface area (Å²) in [5.74, 6) is 1.08. The first kappa shape index (κ1) is 15.0. The van der Waals surface area contributed by atoms with E-state index < -0.39 is 0 Å². The lowest BCUT2D eigenvalue weighted by molar-refractivity contribution is -0.119. The summed E-state index contributed by atoms with van der Waals surface area (Å²) in [6, 6.07) is 0.453. The van der Waals surface area contributed by atoms with Crippen LogP contribution in [0.2, 0.25) is 0 Å². The highest BCUT2D eigenvalue weighted by Gasteiger charge is 2.29. The summed E-state index contributed by atoms with van der Waals surface area (Å²) in [6.07, 6.45) is 6.56. The Kier molecular flexibility index (Phi) is 3.81. The molecule has 0 radical (unpaired) electrons. The molecule has 8 heteroatoms. The first-order valence-corrected chi connectivity index (χ1v) is 9.31. The van der Waals surface area contributed by atoms with E-state index in [1.54, 1.807) is 0 Å². The highest BCUT2D eigenvalue weighted by molar-refractivity contribution is 7.71. The second-order valence-corrected chi connectivity index (χ2v) is 7.74. The van der Waals surface area contributed by atoms with Gasteiger partial charge >= 0.3 is 0 Å². The van der Waals surface area contributed by atoms with Crippen molar-refractivity contribution >= 4 is 34.6 Å². The molecule has 0 aromatic carbocycles. The Labute approximate surface area is 143 Å². The highest BCUT2D eigenvalue weighted by atomic mass is 32.1. The van der Waals surface area contributed by atoms with Crippen molar-refractivity contribution in [3.8, 4) is 10.7 Å². The number of amides is 1. The molecule has 2 aliphatic carbocycles. The van der Waals surface area contributed by atoms with Crippen LogP contribution in [0, 0.1) is 17.6 Å². The molecule has 2 heterocycles. The van der Waals surface area contributed by atoms with Crippen molar-refractivity contribution in [2.75, 3.05) is 5.32 Å². The van der Waals surface area contributed by atoms with Gasteiger partial charge in [-0.2, -0.15) is 5.10 Å². The molecule has 0 atom stereocenters. The van der Waals surface area contributed by atoms with Gasteiger partial charge in [0.25, 0.3) is 0 Å². The van der Waals surface area contributed by atoms with Crippen molar-refractivity contribution < 1.29 is 4.79 Å². The standard InChI is InChI=1S/C15H19N5OS2/c1-8-11(12-18-19-15(22)20(12)10-6-7-10)23-14(16-8)17-13(21)9-4-2-3-5-9/h9-10H,2-7H2,1H3,(H,19,22)(H,16,17,21). The van der Waals surface area contributed by atoms with Crippen LogP contribution < -0.4 is 5.32 Å². The molecule has 1 amide bonds. The van der Waals surface area contributed by atoms with Gasteiger partial charge in [0.05, 0.1) is 10.6 Å². The zero-order chi connectivity index (χ0) is 16.0. The van der Waals surface area contributed by atoms with Gasteiger partial charge in [0.1, 0.15) is 0 Å². The molecule has 2 fully saturated rings. The fourth-order valence-electron chi connectivity index (χ4n) is 3.19. The molecule has 2 aromatic rings. The third-order valence-electron chi connectivity index (χ3n) is 4.57. The SMILES string of the molecule is Cc1nc(NC(=O)C2CCCC2)sc1-c1n[nH]c(=S)n1C1CC1. The molecule has 0 saturated heterocycles. The molecule has 122 valence electrons. The van der Waals surface area contributed by atoms with Crippen molar-refractivity contribution in [1.29, 1.82) is 0 Å². The van der Waals surface area contributed by atoms with Crippen LogP contribution in [0.15, 0.2) is 0 Å². The summed E-state index contributed by atoms with van der Waals surface area (Å²) >= 11 is 6.82. The monoisotopic (exact) mass is 349 g/mol. The maximum Gasteiger partial charge on any atom is 0.229 e. The minimum atomic E-state index is 0.101. The average Bonchev–Trinajstić information content (AvgIpc) is 2.94. The number of carbonyl (C=O) groups excluding carboxylic acids is 1. The van der Waals surface area contributed by atoms with Crippen LogP contribution in [0.5, 0.6) is 0 Å². The van der Waals surface area contributed by atoms with E-state index in [-0.39, 0.29) is 11.8 Å². The normalized spacial score (nSPS) is 18.5. The van der Waals surface area contributed by atoms with E-state index in [2.05, 4.69) is 25.1 Å². The summed E-state index contributed by atoms with van der Waals surface area (Å²) < 4.78 is 2.74. The van der Waals surface area contributed by atoms with Crippen LogP contribution in [0.4, 0.5) is 5.13 Å². The largest absolute Gasteiger partial charge is 0.302 e. The van der Waals surface area contributed by atoms with Crippen LogP contribution in [0.25, 0.3) is 10.7 Å². The Balaban J connectivity index is 1.60. The van der Waals surface area contributed by atoms with Crippen LogP contribution in [-0.2, 0) is 4.79 Å². The summed E-state index contributed by atoms with van der Waals surface area (Å²) in [6.45, 7) is 1.95. The van der Waals surface area contributed by atoms with E-state index in [0.717, 1.165) is 54.9 Å². The van der Waals surface area contributed by atoms with E-state index in [9.17, 15) is 4.79 Å². The lowest BCUT2D eigenvalue weighted by Gasteiger charge is -2.07. The Morgan fingerprint density at radius 1 is 1.35 bits per heavy atom. The van der Waals surface area contributed by atoms with E-state index in [0.29, 0.717) is 15.9 Å². The zero-order valence-corrected chi connectivity index (χ0v) is 14.6. The van der Waals surface area contributed by atoms with Crippen LogP contribution in [0.1, 0.15) is 50.3 Å². The van der Waals surface area contributed by atoms with Gasteiger partial charge in [-0.15, -0.1) is 0 Å². The second kappa shape index (κ2) is 5.83. The fraction of sp³-hybridized carbons (Fsp3) is 0.600. The Morgan fingerprint density at radius 3 is 2.78 bits per heavy atom. The number of hydrogen-bond donors (Lipinski definition) is 2. The summed E-state index contributed by atoms with van der Waals surface area (Å²) in [5.41, 5.74) is 0.882. The quantitative estimate of drug-likeness (QED) is 0.823. The number of rotatable bonds is 4. The summed E-state index contributed by atoms with van der Waals surface area (Å²) in [7, 11) is 0. The average molecular weight is 349 g/mol. The van der Waals surface area contributed by atoms with Crippen molar-refractivity contribution in [2.45, 2.75) is 51.5 Å². The molecule has 0 aliphatic heterocycles. The van der Waals surface area contributed by atoms with Crippen molar-refractivity contribution in [2.24, 2.45) is 5.92 Å². The van der Waals surface area contributed by atoms with Gasteiger partial charge in [0.15, 0.2) is 15.7 Å². The Morgan fingerprint density at radius 2 is 2.09 bits per heavy atom. The first-order valence-electron chi connectivity index (χ1n) is 8.09. The van der Waals surface area contributed by atoms with Crippen LogP contribution in [0.3, 0.4) is 0 Å². The molecule has 2 aromatic heterocycles. The van der Waals surface area contributed by atoms with Gasteiger partial charge < -0.3 is 5.32 Å². The predicted molar refractivity (Wildman–Crippen MR) is 92.1 cm³/mol. The van der Waals surface area contributed by atoms with Gasteiger partial charge in [0.2, 0.25) is 5.91 Å². The number of anilines is 1. The van der Waals surface area contributed by atoms with E-state index in [1.807, 2.05) is 6.92 Å². The number of nitrogens with one attached hydrogen (secondary N) is 2. The third kappa shape index (κ3) is 2.85. The van der Waals surface area contributed by atoms with Crippen molar-refractivity contribution in [3.63, 3.8) is 0 Å². The molecule has 6 nitrogen and oxygen atoms in total. The van der Waals surface area contributed by atoms with Gasteiger partial charge in [-0.05, 0) is 44.8 Å².